The summed E-state index contributed by atoms with van der Waals surface area (Å²) in [7, 11) is 1.66. The highest BCUT2D eigenvalue weighted by atomic mass is 19.1. The van der Waals surface area contributed by atoms with Crippen LogP contribution in [-0.2, 0) is 16.6 Å². The summed E-state index contributed by atoms with van der Waals surface area (Å²) in [6.45, 7) is 1.12. The number of alkyl halides is 1. The molecular formula is C24H29F2N3O4. The van der Waals surface area contributed by atoms with Crippen LogP contribution in [0.4, 0.5) is 8.78 Å². The zero-order chi connectivity index (χ0) is 23.5. The van der Waals surface area contributed by atoms with Gasteiger partial charge in [0, 0.05) is 25.5 Å². The summed E-state index contributed by atoms with van der Waals surface area (Å²) in [4.78, 5) is 15.6. The summed E-state index contributed by atoms with van der Waals surface area (Å²) in [5.74, 6) is -0.895. The first-order valence-corrected chi connectivity index (χ1v) is 11.5. The van der Waals surface area contributed by atoms with Crippen molar-refractivity contribution in [1.29, 1.82) is 5.26 Å². The van der Waals surface area contributed by atoms with Gasteiger partial charge in [-0.1, -0.05) is 0 Å². The second-order valence-corrected chi connectivity index (χ2v) is 9.09. The molecular weight excluding hydrogens is 432 g/mol. The average Bonchev–Trinajstić information content (AvgIpc) is 3.56. The van der Waals surface area contributed by atoms with Gasteiger partial charge in [0.25, 0.3) is 6.01 Å². The number of hydrogen-bond donors (Lipinski definition) is 0. The molecule has 7 nitrogen and oxygen atoms in total. The van der Waals surface area contributed by atoms with Gasteiger partial charge in [0.15, 0.2) is 11.6 Å². The molecule has 0 saturated heterocycles. The highest BCUT2D eigenvalue weighted by Gasteiger charge is 2.29. The quantitative estimate of drug-likeness (QED) is 0.521. The maximum absolute atomic E-state index is 15.1. The molecule has 33 heavy (non-hydrogen) atoms. The summed E-state index contributed by atoms with van der Waals surface area (Å²) >= 11 is 0. The zero-order valence-corrected chi connectivity index (χ0v) is 19.0. The molecule has 2 aromatic rings. The van der Waals surface area contributed by atoms with Crippen molar-refractivity contribution >= 4 is 16.8 Å². The number of carbonyl (C=O) groups excluding carboxylic acids is 1. The van der Waals surface area contributed by atoms with E-state index in [1.807, 2.05) is 0 Å². The van der Waals surface area contributed by atoms with Crippen LogP contribution in [0.3, 0.4) is 0 Å². The molecule has 2 fully saturated rings. The van der Waals surface area contributed by atoms with Crippen LogP contribution in [0.2, 0.25) is 0 Å². The van der Waals surface area contributed by atoms with Gasteiger partial charge in [0.2, 0.25) is 0 Å². The Bertz CT molecular complexity index is 1050. The summed E-state index contributed by atoms with van der Waals surface area (Å²) in [6.07, 6.45) is 4.75. The number of ether oxygens (including phenoxy) is 3. The van der Waals surface area contributed by atoms with E-state index in [9.17, 15) is 14.4 Å². The number of benzene rings is 1. The first kappa shape index (κ1) is 23.4. The molecule has 0 unspecified atom stereocenters. The molecule has 1 aromatic carbocycles. The summed E-state index contributed by atoms with van der Waals surface area (Å²) in [5.41, 5.74) is 0.701. The number of rotatable bonds is 10. The number of imidazole rings is 1. The Hall–Kier alpha value is -2.73. The van der Waals surface area contributed by atoms with Crippen molar-refractivity contribution in [2.24, 2.45) is 13.0 Å². The van der Waals surface area contributed by atoms with Crippen molar-refractivity contribution < 1.29 is 27.8 Å². The normalized spacial score (nSPS) is 21.5. The first-order valence-electron chi connectivity index (χ1n) is 11.5. The molecule has 0 aliphatic heterocycles. The van der Waals surface area contributed by atoms with Gasteiger partial charge < -0.3 is 19.0 Å². The van der Waals surface area contributed by atoms with Gasteiger partial charge in [-0.2, -0.15) is 10.2 Å². The van der Waals surface area contributed by atoms with Gasteiger partial charge in [-0.25, -0.2) is 4.39 Å². The number of aryl methyl sites for hydroxylation is 1. The lowest BCUT2D eigenvalue weighted by atomic mass is 9.94. The number of carbonyl (C=O) groups is 1. The Labute approximate surface area is 191 Å². The van der Waals surface area contributed by atoms with Crippen LogP contribution in [-0.4, -0.2) is 46.9 Å². The van der Waals surface area contributed by atoms with Crippen molar-refractivity contribution in [2.45, 2.75) is 70.2 Å². The fraction of sp³-hybridized carbons (Fsp3) is 0.625. The topological polar surface area (TPSA) is 86.4 Å². The van der Waals surface area contributed by atoms with E-state index < -0.39 is 18.4 Å². The molecule has 0 radical (unpaired) electrons. The van der Waals surface area contributed by atoms with Crippen molar-refractivity contribution in [2.75, 3.05) is 13.3 Å². The van der Waals surface area contributed by atoms with Crippen molar-refractivity contribution in [1.82, 2.24) is 9.55 Å². The maximum atomic E-state index is 15.1. The minimum atomic E-state index is -0.570. The van der Waals surface area contributed by atoms with E-state index in [0.717, 1.165) is 25.7 Å². The fourth-order valence-electron chi connectivity index (χ4n) is 4.24. The average molecular weight is 462 g/mol. The highest BCUT2D eigenvalue weighted by Crippen LogP contribution is 2.36. The lowest BCUT2D eigenvalue weighted by molar-refractivity contribution is -0.119. The molecule has 0 spiro atoms. The molecule has 1 aromatic heterocycles. The molecule has 2 aliphatic rings. The van der Waals surface area contributed by atoms with Crippen LogP contribution in [0.15, 0.2) is 6.07 Å². The Kier molecular flexibility index (Phi) is 7.13. The number of nitriles is 1. The second kappa shape index (κ2) is 10.0. The summed E-state index contributed by atoms with van der Waals surface area (Å²) in [5, 5.41) is 9.53. The van der Waals surface area contributed by atoms with Crippen LogP contribution < -0.4 is 9.47 Å². The SMILES string of the molecule is CC(=O)C[C@@H](CF)COC1CCC(Oc2nc3c(C#N)cc(OC4CC4)c(F)c3n2C)CC1. The first-order chi connectivity index (χ1) is 15.9. The molecule has 4 rings (SSSR count). The predicted octanol–water partition coefficient (Wildman–Crippen LogP) is 4.40. The van der Waals surface area contributed by atoms with E-state index in [4.69, 9.17) is 14.2 Å². The minimum Gasteiger partial charge on any atom is -0.487 e. The smallest absolute Gasteiger partial charge is 0.297 e. The standard InChI is InChI=1S/C24H29F2N3O4/c1-14(30)9-15(11-25)13-31-17-3-5-19(6-4-17)33-24-28-22-16(12-27)10-20(32-18-7-8-18)21(26)23(22)29(24)2/h10,15,17-19H,3-9,11,13H2,1-2H3/t15-,17?,19?/m0/s1. The molecule has 1 atom stereocenters. The molecule has 1 heterocycles. The number of aromatic nitrogens is 2. The fourth-order valence-corrected chi connectivity index (χ4v) is 4.24. The van der Waals surface area contributed by atoms with E-state index in [-0.39, 0.29) is 65.5 Å². The number of ketones is 1. The Morgan fingerprint density at radius 1 is 1.21 bits per heavy atom. The minimum absolute atomic E-state index is 0.00364. The van der Waals surface area contributed by atoms with E-state index in [1.165, 1.54) is 17.6 Å². The van der Waals surface area contributed by atoms with Gasteiger partial charge in [0.05, 0.1) is 31.1 Å². The molecule has 178 valence electrons. The largest absolute Gasteiger partial charge is 0.487 e. The predicted molar refractivity (Wildman–Crippen MR) is 116 cm³/mol. The third-order valence-corrected chi connectivity index (χ3v) is 6.20. The summed E-state index contributed by atoms with van der Waals surface area (Å²) < 4.78 is 47.3. The van der Waals surface area contributed by atoms with Crippen LogP contribution in [0.5, 0.6) is 11.8 Å². The monoisotopic (exact) mass is 461 g/mol. The van der Waals surface area contributed by atoms with Crippen LogP contribution in [0, 0.1) is 23.1 Å². The Balaban J connectivity index is 1.39. The Morgan fingerprint density at radius 2 is 1.85 bits per heavy atom. The lowest BCUT2D eigenvalue weighted by Gasteiger charge is -2.29. The van der Waals surface area contributed by atoms with Crippen LogP contribution in [0.1, 0.15) is 57.4 Å². The number of Topliss-reactive ketones (excluding diaryl/α,β-unsaturated/α-hetero) is 1. The van der Waals surface area contributed by atoms with Crippen LogP contribution in [0.25, 0.3) is 11.0 Å². The van der Waals surface area contributed by atoms with Crippen molar-refractivity contribution in [3.63, 3.8) is 0 Å². The van der Waals surface area contributed by atoms with Gasteiger partial charge in [0.1, 0.15) is 29.0 Å². The Morgan fingerprint density at radius 3 is 2.45 bits per heavy atom. The third-order valence-electron chi connectivity index (χ3n) is 6.20. The van der Waals surface area contributed by atoms with Crippen LogP contribution >= 0.6 is 0 Å². The van der Waals surface area contributed by atoms with E-state index >= 15 is 4.39 Å². The maximum Gasteiger partial charge on any atom is 0.297 e. The zero-order valence-electron chi connectivity index (χ0n) is 19.0. The highest BCUT2D eigenvalue weighted by molar-refractivity contribution is 5.85. The molecule has 0 N–H and O–H groups in total. The summed E-state index contributed by atoms with van der Waals surface area (Å²) in [6, 6.07) is 3.74. The lowest BCUT2D eigenvalue weighted by Crippen LogP contribution is -2.30. The van der Waals surface area contributed by atoms with E-state index in [2.05, 4.69) is 11.1 Å². The third kappa shape index (κ3) is 5.44. The van der Waals surface area contributed by atoms with Crippen molar-refractivity contribution in [3.05, 3.63) is 17.4 Å². The van der Waals surface area contributed by atoms with Crippen molar-refractivity contribution in [3.8, 4) is 17.8 Å². The van der Waals surface area contributed by atoms with Gasteiger partial charge >= 0.3 is 0 Å². The molecule has 0 bridgehead atoms. The number of hydrogen-bond acceptors (Lipinski definition) is 6. The van der Waals surface area contributed by atoms with Gasteiger partial charge in [-0.05, 0) is 45.4 Å². The molecule has 9 heteroatoms. The number of fused-ring (bicyclic) bond motifs is 1. The number of halogens is 2. The molecule has 2 aliphatic carbocycles. The molecule has 0 amide bonds. The van der Waals surface area contributed by atoms with E-state index in [0.29, 0.717) is 12.8 Å². The van der Waals surface area contributed by atoms with Gasteiger partial charge in [-0.15, -0.1) is 0 Å². The molecule has 2 saturated carbocycles. The van der Waals surface area contributed by atoms with Gasteiger partial charge in [-0.3, -0.25) is 8.96 Å². The number of nitrogens with zero attached hydrogens (tertiary/aromatic N) is 3. The van der Waals surface area contributed by atoms with E-state index in [1.54, 1.807) is 7.05 Å². The second-order valence-electron chi connectivity index (χ2n) is 9.09.